The van der Waals surface area contributed by atoms with Gasteiger partial charge >= 0.3 is 0 Å². The van der Waals surface area contributed by atoms with E-state index in [9.17, 15) is 9.18 Å². The molecule has 1 fully saturated rings. The minimum absolute atomic E-state index is 0.101. The lowest BCUT2D eigenvalue weighted by Gasteiger charge is -2.14. The summed E-state index contributed by atoms with van der Waals surface area (Å²) in [7, 11) is 0. The first-order valence-electron chi connectivity index (χ1n) is 5.40. The highest BCUT2D eigenvalue weighted by Gasteiger charge is 2.35. The first-order chi connectivity index (χ1) is 8.19. The molecule has 0 radical (unpaired) electrons. The molecule has 1 saturated carbocycles. The number of nitriles is 1. The number of amides is 1. The van der Waals surface area contributed by atoms with Gasteiger partial charge < -0.3 is 0 Å². The van der Waals surface area contributed by atoms with Crippen LogP contribution in [0.4, 0.5) is 4.39 Å². The van der Waals surface area contributed by atoms with Crippen LogP contribution < -0.4 is 0 Å². The van der Waals surface area contributed by atoms with E-state index in [0.717, 1.165) is 25.0 Å². The van der Waals surface area contributed by atoms with Crippen LogP contribution in [0.5, 0.6) is 0 Å². The molecule has 5 heteroatoms. The Kier molecular flexibility index (Phi) is 2.13. The number of carbonyl (C=O) groups excluding carboxylic acids is 1. The lowest BCUT2D eigenvalue weighted by molar-refractivity contribution is -0.134. The second kappa shape index (κ2) is 3.54. The molecule has 0 spiro atoms. The fourth-order valence-corrected chi connectivity index (χ4v) is 1.89. The van der Waals surface area contributed by atoms with Crippen molar-refractivity contribution in [3.05, 3.63) is 34.6 Å². The Morgan fingerprint density at radius 2 is 2.24 bits per heavy atom. The predicted molar refractivity (Wildman–Crippen MR) is 55.1 cm³/mol. The highest BCUT2D eigenvalue weighted by Crippen LogP contribution is 2.31. The molecule has 2 aliphatic rings. The fraction of sp³-hybridized carbons (Fsp3) is 0.333. The summed E-state index contributed by atoms with van der Waals surface area (Å²) < 4.78 is 13.2. The molecule has 3 rings (SSSR count). The lowest BCUT2D eigenvalue weighted by Crippen LogP contribution is -2.25. The van der Waals surface area contributed by atoms with Crippen LogP contribution in [0.25, 0.3) is 0 Å². The van der Waals surface area contributed by atoms with Crippen molar-refractivity contribution in [1.29, 1.82) is 5.26 Å². The highest BCUT2D eigenvalue weighted by molar-refractivity contribution is 5.98. The first-order valence-corrected chi connectivity index (χ1v) is 5.40. The number of halogens is 1. The summed E-state index contributed by atoms with van der Waals surface area (Å²) in [5.41, 5.74) is 0.997. The fourth-order valence-electron chi connectivity index (χ4n) is 1.89. The summed E-state index contributed by atoms with van der Waals surface area (Å²) >= 11 is 0. The van der Waals surface area contributed by atoms with Crippen molar-refractivity contribution in [3.63, 3.8) is 0 Å². The van der Waals surface area contributed by atoms with Crippen LogP contribution in [0.15, 0.2) is 12.1 Å². The molecule has 1 heterocycles. The molecule has 1 amide bonds. The van der Waals surface area contributed by atoms with Gasteiger partial charge in [-0.25, -0.2) is 9.45 Å². The highest BCUT2D eigenvalue weighted by atomic mass is 19.1. The molecule has 0 unspecified atom stereocenters. The van der Waals surface area contributed by atoms with Gasteiger partial charge in [0.05, 0.1) is 29.8 Å². The van der Waals surface area contributed by atoms with Crippen molar-refractivity contribution in [2.24, 2.45) is 0 Å². The van der Waals surface area contributed by atoms with Gasteiger partial charge in [-0.2, -0.15) is 5.26 Å². The van der Waals surface area contributed by atoms with Crippen molar-refractivity contribution >= 4 is 5.91 Å². The van der Waals surface area contributed by atoms with E-state index in [2.05, 4.69) is 0 Å². The van der Waals surface area contributed by atoms with Gasteiger partial charge in [-0.1, -0.05) is 0 Å². The molecule has 86 valence electrons. The van der Waals surface area contributed by atoms with Gasteiger partial charge in [-0.3, -0.25) is 9.63 Å². The smallest absolute Gasteiger partial charge is 0.267 e. The molecular weight excluding hydrogens is 223 g/mol. The van der Waals surface area contributed by atoms with Crippen LogP contribution in [0, 0.1) is 17.1 Å². The molecular formula is C12H9FN2O2. The molecule has 1 aliphatic heterocycles. The molecule has 0 saturated heterocycles. The van der Waals surface area contributed by atoms with Gasteiger partial charge in [0.15, 0.2) is 0 Å². The second-order valence-corrected chi connectivity index (χ2v) is 4.24. The van der Waals surface area contributed by atoms with Crippen LogP contribution in [0.1, 0.15) is 34.3 Å². The summed E-state index contributed by atoms with van der Waals surface area (Å²) in [5, 5.41) is 10.1. The molecule has 0 atom stereocenters. The van der Waals surface area contributed by atoms with Crippen LogP contribution in [-0.4, -0.2) is 17.1 Å². The van der Waals surface area contributed by atoms with Crippen molar-refractivity contribution in [3.8, 4) is 6.07 Å². The quantitative estimate of drug-likeness (QED) is 0.780. The second-order valence-electron chi connectivity index (χ2n) is 4.24. The third kappa shape index (κ3) is 1.67. The number of carbonyl (C=O) groups is 1. The Hall–Kier alpha value is -1.93. The Bertz CT molecular complexity index is 546. The van der Waals surface area contributed by atoms with E-state index in [-0.39, 0.29) is 29.7 Å². The molecule has 1 aromatic carbocycles. The summed E-state index contributed by atoms with van der Waals surface area (Å²) in [6.07, 6.45) is 1.99. The maximum Gasteiger partial charge on any atom is 0.278 e. The van der Waals surface area contributed by atoms with Crippen molar-refractivity contribution in [2.75, 3.05) is 0 Å². The van der Waals surface area contributed by atoms with Gasteiger partial charge in [0.1, 0.15) is 5.82 Å². The third-order valence-corrected chi connectivity index (χ3v) is 2.89. The monoisotopic (exact) mass is 232 g/mol. The van der Waals surface area contributed by atoms with Gasteiger partial charge in [0.25, 0.3) is 5.91 Å². The van der Waals surface area contributed by atoms with E-state index >= 15 is 0 Å². The van der Waals surface area contributed by atoms with E-state index in [1.807, 2.05) is 6.07 Å². The molecule has 1 aliphatic carbocycles. The number of nitrogens with zero attached hydrogens (tertiary/aromatic N) is 2. The summed E-state index contributed by atoms with van der Waals surface area (Å²) in [6.45, 7) is 0.230. The zero-order valence-corrected chi connectivity index (χ0v) is 8.94. The number of rotatable bonds is 2. The van der Waals surface area contributed by atoms with Crippen molar-refractivity contribution in [2.45, 2.75) is 25.5 Å². The number of benzene rings is 1. The van der Waals surface area contributed by atoms with Gasteiger partial charge in [0.2, 0.25) is 0 Å². The molecule has 4 nitrogen and oxygen atoms in total. The summed E-state index contributed by atoms with van der Waals surface area (Å²) in [5.74, 6) is -0.926. The maximum absolute atomic E-state index is 13.2. The van der Waals surface area contributed by atoms with Gasteiger partial charge in [-0.15, -0.1) is 0 Å². The van der Waals surface area contributed by atoms with Crippen LogP contribution in [0.3, 0.4) is 0 Å². The lowest BCUT2D eigenvalue weighted by atomic mass is 10.0. The normalized spacial score (nSPS) is 18.1. The minimum Gasteiger partial charge on any atom is -0.267 e. The Labute approximate surface area is 97.2 Å². The Morgan fingerprint density at radius 3 is 2.88 bits per heavy atom. The van der Waals surface area contributed by atoms with E-state index in [0.29, 0.717) is 5.56 Å². The van der Waals surface area contributed by atoms with Gasteiger partial charge in [-0.05, 0) is 25.0 Å². The summed E-state index contributed by atoms with van der Waals surface area (Å²) in [4.78, 5) is 17.3. The SMILES string of the molecule is N#Cc1cc(F)cc2c1CN(OC1CC1)C2=O. The number of hydrogen-bond donors (Lipinski definition) is 0. The van der Waals surface area contributed by atoms with E-state index in [1.165, 1.54) is 5.06 Å². The van der Waals surface area contributed by atoms with Crippen LogP contribution in [0.2, 0.25) is 0 Å². The van der Waals surface area contributed by atoms with Crippen LogP contribution >= 0.6 is 0 Å². The van der Waals surface area contributed by atoms with Crippen LogP contribution in [-0.2, 0) is 11.4 Å². The van der Waals surface area contributed by atoms with E-state index in [1.54, 1.807) is 0 Å². The number of hydrogen-bond acceptors (Lipinski definition) is 3. The topological polar surface area (TPSA) is 53.3 Å². The van der Waals surface area contributed by atoms with Gasteiger partial charge in [0, 0.05) is 5.56 Å². The van der Waals surface area contributed by atoms with Crippen molar-refractivity contribution < 1.29 is 14.0 Å². The minimum atomic E-state index is -0.568. The molecule has 0 aromatic heterocycles. The van der Waals surface area contributed by atoms with E-state index in [4.69, 9.17) is 10.1 Å². The number of fused-ring (bicyclic) bond motifs is 1. The third-order valence-electron chi connectivity index (χ3n) is 2.89. The maximum atomic E-state index is 13.2. The average Bonchev–Trinajstić information content (AvgIpc) is 3.07. The zero-order valence-electron chi connectivity index (χ0n) is 8.94. The Morgan fingerprint density at radius 1 is 1.47 bits per heavy atom. The standard InChI is InChI=1S/C12H9FN2O2/c13-8-3-7(5-14)11-6-15(17-9-1-2-9)12(16)10(11)4-8/h3-4,9H,1-2,6H2. The largest absolute Gasteiger partial charge is 0.278 e. The van der Waals surface area contributed by atoms with E-state index < -0.39 is 5.82 Å². The molecule has 0 bridgehead atoms. The molecule has 1 aromatic rings. The molecule has 17 heavy (non-hydrogen) atoms. The Balaban J connectivity index is 1.98. The summed E-state index contributed by atoms with van der Waals surface area (Å²) in [6, 6.07) is 4.21. The zero-order chi connectivity index (χ0) is 12.0. The first kappa shape index (κ1) is 10.2. The average molecular weight is 232 g/mol. The number of hydroxylamine groups is 2. The predicted octanol–water partition coefficient (Wildman–Crippen LogP) is 1.75. The van der Waals surface area contributed by atoms with Crippen molar-refractivity contribution in [1.82, 2.24) is 5.06 Å². The molecule has 0 N–H and O–H groups in total.